The third-order valence-corrected chi connectivity index (χ3v) is 4.36. The molecule has 2 bridgehead atoms. The summed E-state index contributed by atoms with van der Waals surface area (Å²) in [6, 6.07) is 0. The highest BCUT2D eigenvalue weighted by atomic mass is 19.4. The summed E-state index contributed by atoms with van der Waals surface area (Å²) in [5, 5.41) is 9.45. The topological polar surface area (TPSA) is 29.5 Å². The smallest absolute Gasteiger partial charge is 0.371 e. The molecule has 8 heteroatoms. The van der Waals surface area contributed by atoms with Crippen molar-refractivity contribution in [1.29, 1.82) is 0 Å². The number of alkyl halides is 6. The fraction of sp³-hybridized carbons (Fsp3) is 0.846. The summed E-state index contributed by atoms with van der Waals surface area (Å²) in [5.41, 5.74) is -7.76. The van der Waals surface area contributed by atoms with Crippen molar-refractivity contribution in [3.05, 3.63) is 12.2 Å². The summed E-state index contributed by atoms with van der Waals surface area (Å²) in [5.74, 6) is -0.0688. The monoisotopic (exact) mass is 318 g/mol. The maximum absolute atomic E-state index is 12.9. The molecular weight excluding hydrogens is 302 g/mol. The number of rotatable bonds is 3. The molecule has 0 aromatic heterocycles. The molecule has 2 rings (SSSR count). The van der Waals surface area contributed by atoms with Crippen LogP contribution in [0.15, 0.2) is 12.2 Å². The van der Waals surface area contributed by atoms with Gasteiger partial charge < -0.3 is 9.84 Å². The van der Waals surface area contributed by atoms with Gasteiger partial charge in [0.2, 0.25) is 0 Å². The van der Waals surface area contributed by atoms with Crippen molar-refractivity contribution in [3.63, 3.8) is 0 Å². The second-order valence-corrected chi connectivity index (χ2v) is 6.15. The third kappa shape index (κ3) is 2.46. The Morgan fingerprint density at radius 2 is 1.48 bits per heavy atom. The van der Waals surface area contributed by atoms with Gasteiger partial charge in [-0.15, -0.1) is 0 Å². The van der Waals surface area contributed by atoms with Crippen molar-refractivity contribution < 1.29 is 36.2 Å². The second kappa shape index (κ2) is 4.62. The van der Waals surface area contributed by atoms with Crippen LogP contribution in [0.25, 0.3) is 0 Å². The van der Waals surface area contributed by atoms with Crippen LogP contribution >= 0.6 is 0 Å². The van der Waals surface area contributed by atoms with Crippen LogP contribution in [0.3, 0.4) is 0 Å². The van der Waals surface area contributed by atoms with Gasteiger partial charge in [-0.3, -0.25) is 0 Å². The van der Waals surface area contributed by atoms with Crippen molar-refractivity contribution in [2.24, 2.45) is 11.8 Å². The minimum absolute atomic E-state index is 0.126. The molecule has 0 amide bonds. The van der Waals surface area contributed by atoms with E-state index in [9.17, 15) is 31.4 Å². The van der Waals surface area contributed by atoms with Gasteiger partial charge in [0, 0.05) is 5.92 Å². The highest BCUT2D eigenvalue weighted by Gasteiger charge is 2.78. The lowest BCUT2D eigenvalue weighted by atomic mass is 9.83. The third-order valence-electron chi connectivity index (χ3n) is 4.36. The molecule has 2 aliphatic carbocycles. The van der Waals surface area contributed by atoms with E-state index in [1.165, 1.54) is 0 Å². The lowest BCUT2D eigenvalue weighted by Crippen LogP contribution is -2.70. The summed E-state index contributed by atoms with van der Waals surface area (Å²) in [6.45, 7) is 1.26. The molecule has 0 heterocycles. The van der Waals surface area contributed by atoms with Crippen molar-refractivity contribution in [3.8, 4) is 0 Å². The number of hydrogen-bond acceptors (Lipinski definition) is 2. The maximum atomic E-state index is 12.9. The Balaban J connectivity index is 2.28. The van der Waals surface area contributed by atoms with Gasteiger partial charge in [0.1, 0.15) is 5.60 Å². The van der Waals surface area contributed by atoms with Gasteiger partial charge in [-0.25, -0.2) is 0 Å². The molecule has 3 atom stereocenters. The Labute approximate surface area is 117 Å². The molecule has 1 saturated carbocycles. The van der Waals surface area contributed by atoms with E-state index in [0.29, 0.717) is 26.7 Å². The first-order valence-corrected chi connectivity index (χ1v) is 6.51. The molecule has 0 aromatic rings. The number of aliphatic hydroxyl groups is 1. The van der Waals surface area contributed by atoms with Gasteiger partial charge in [-0.05, 0) is 32.6 Å². The highest BCUT2D eigenvalue weighted by molar-refractivity contribution is 5.13. The van der Waals surface area contributed by atoms with Crippen molar-refractivity contribution in [1.82, 2.24) is 0 Å². The first kappa shape index (κ1) is 16.6. The van der Waals surface area contributed by atoms with E-state index in [1.54, 1.807) is 6.08 Å². The first-order valence-electron chi connectivity index (χ1n) is 6.51. The maximum Gasteiger partial charge on any atom is 0.429 e. The molecule has 3 unspecified atom stereocenters. The molecule has 0 saturated heterocycles. The summed E-state index contributed by atoms with van der Waals surface area (Å²) < 4.78 is 82.5. The van der Waals surface area contributed by atoms with Gasteiger partial charge in [0.05, 0.1) is 6.10 Å². The van der Waals surface area contributed by atoms with E-state index in [4.69, 9.17) is 4.74 Å². The standard InChI is InChI=1S/C13H16F6O2/c1-10(2,11(20,12(14,15)16)13(17,18)19)21-9-6-7-3-4-8(9)5-7/h3-4,7-9,20H,5-6H2,1-2H3. The van der Waals surface area contributed by atoms with E-state index < -0.39 is 29.7 Å². The van der Waals surface area contributed by atoms with E-state index in [2.05, 4.69) is 0 Å². The largest absolute Gasteiger partial charge is 0.429 e. The summed E-state index contributed by atoms with van der Waals surface area (Å²) in [7, 11) is 0. The van der Waals surface area contributed by atoms with Crippen molar-refractivity contribution in [2.45, 2.75) is 56.3 Å². The number of allylic oxidation sites excluding steroid dienone is 1. The van der Waals surface area contributed by atoms with Crippen LogP contribution in [0.1, 0.15) is 26.7 Å². The molecule has 21 heavy (non-hydrogen) atoms. The van der Waals surface area contributed by atoms with Gasteiger partial charge in [-0.2, -0.15) is 26.3 Å². The Morgan fingerprint density at radius 3 is 1.81 bits per heavy atom. The molecule has 122 valence electrons. The lowest BCUT2D eigenvalue weighted by molar-refractivity contribution is -0.416. The van der Waals surface area contributed by atoms with Gasteiger partial charge >= 0.3 is 12.4 Å². The average molecular weight is 318 g/mol. The average Bonchev–Trinajstić information content (AvgIpc) is 2.85. The molecule has 0 aromatic carbocycles. The zero-order valence-corrected chi connectivity index (χ0v) is 11.4. The van der Waals surface area contributed by atoms with Gasteiger partial charge in [0.15, 0.2) is 0 Å². The Morgan fingerprint density at radius 1 is 0.952 bits per heavy atom. The Hall–Kier alpha value is -0.760. The van der Waals surface area contributed by atoms with Crippen LogP contribution < -0.4 is 0 Å². The molecule has 1 fully saturated rings. The fourth-order valence-corrected chi connectivity index (χ4v) is 3.17. The van der Waals surface area contributed by atoms with Gasteiger partial charge in [-0.1, -0.05) is 12.2 Å². The predicted molar refractivity (Wildman–Crippen MR) is 61.4 cm³/mol. The lowest BCUT2D eigenvalue weighted by Gasteiger charge is -2.45. The SMILES string of the molecule is CC(C)(OC1CC2C=CC1C2)C(O)(C(F)(F)F)C(F)(F)F. The highest BCUT2D eigenvalue weighted by Crippen LogP contribution is 2.52. The quantitative estimate of drug-likeness (QED) is 0.636. The van der Waals surface area contributed by atoms with E-state index >= 15 is 0 Å². The molecule has 2 nitrogen and oxygen atoms in total. The van der Waals surface area contributed by atoms with E-state index in [-0.39, 0.29) is 11.8 Å². The Kier molecular flexibility index (Phi) is 3.65. The van der Waals surface area contributed by atoms with Crippen molar-refractivity contribution in [2.75, 3.05) is 0 Å². The zero-order valence-electron chi connectivity index (χ0n) is 11.4. The number of halogens is 6. The van der Waals surface area contributed by atoms with Gasteiger partial charge in [0.25, 0.3) is 5.60 Å². The number of fused-ring (bicyclic) bond motifs is 2. The first-order chi connectivity index (χ1) is 9.29. The predicted octanol–water partition coefficient (Wildman–Crippen LogP) is 3.60. The van der Waals surface area contributed by atoms with Crippen LogP contribution in [0.4, 0.5) is 26.3 Å². The molecule has 0 radical (unpaired) electrons. The molecule has 0 aliphatic heterocycles. The summed E-state index contributed by atoms with van der Waals surface area (Å²) in [4.78, 5) is 0. The molecule has 2 aliphatic rings. The number of hydrogen-bond donors (Lipinski definition) is 1. The molecule has 0 spiro atoms. The minimum atomic E-state index is -5.89. The van der Waals surface area contributed by atoms with E-state index in [0.717, 1.165) is 0 Å². The normalized spacial score (nSPS) is 30.2. The minimum Gasteiger partial charge on any atom is -0.371 e. The fourth-order valence-electron chi connectivity index (χ4n) is 3.17. The molecular formula is C13H16F6O2. The van der Waals surface area contributed by atoms with Crippen LogP contribution in [0, 0.1) is 11.8 Å². The van der Waals surface area contributed by atoms with Crippen LogP contribution in [-0.2, 0) is 4.74 Å². The summed E-state index contributed by atoms with van der Waals surface area (Å²) in [6.07, 6.45) is -7.85. The molecule has 1 N–H and O–H groups in total. The zero-order chi connectivity index (χ0) is 16.3. The van der Waals surface area contributed by atoms with Crippen LogP contribution in [0.2, 0.25) is 0 Å². The summed E-state index contributed by atoms with van der Waals surface area (Å²) >= 11 is 0. The Bertz CT molecular complexity index is 423. The van der Waals surface area contributed by atoms with Crippen LogP contribution in [-0.4, -0.2) is 34.8 Å². The van der Waals surface area contributed by atoms with Crippen molar-refractivity contribution >= 4 is 0 Å². The number of ether oxygens (including phenoxy) is 1. The second-order valence-electron chi connectivity index (χ2n) is 6.15. The van der Waals surface area contributed by atoms with Crippen LogP contribution in [0.5, 0.6) is 0 Å². The van der Waals surface area contributed by atoms with E-state index in [1.807, 2.05) is 6.08 Å².